The third kappa shape index (κ3) is 4.37. The standard InChI is InChI=1S/C23H15Br2ClN2O/c1-13-10-16(25)11-19-20(23(29)27-18-8-6-17(26)7-9-18)12-21(28-22(13)19)14-2-4-15(24)5-3-14/h2-12H,1H3,(H,27,29). The minimum absolute atomic E-state index is 0.199. The first-order valence-corrected chi connectivity index (χ1v) is 10.8. The van der Waals surface area contributed by atoms with Gasteiger partial charge in [0.25, 0.3) is 5.91 Å². The average molecular weight is 531 g/mol. The zero-order valence-electron chi connectivity index (χ0n) is 15.3. The number of aryl methyl sites for hydroxylation is 1. The van der Waals surface area contributed by atoms with Crippen LogP contribution < -0.4 is 5.32 Å². The topological polar surface area (TPSA) is 42.0 Å². The van der Waals surface area contributed by atoms with Crippen molar-refractivity contribution in [2.45, 2.75) is 6.92 Å². The van der Waals surface area contributed by atoms with E-state index in [0.29, 0.717) is 16.3 Å². The molecule has 1 heterocycles. The van der Waals surface area contributed by atoms with Crippen LogP contribution in [0.1, 0.15) is 15.9 Å². The molecular weight excluding hydrogens is 516 g/mol. The third-order valence-electron chi connectivity index (χ3n) is 4.56. The molecule has 1 amide bonds. The van der Waals surface area contributed by atoms with Gasteiger partial charge in [-0.15, -0.1) is 0 Å². The van der Waals surface area contributed by atoms with Gasteiger partial charge in [0.15, 0.2) is 0 Å². The number of aromatic nitrogens is 1. The number of benzene rings is 3. The van der Waals surface area contributed by atoms with E-state index in [1.807, 2.05) is 49.4 Å². The van der Waals surface area contributed by atoms with Crippen molar-refractivity contribution in [3.8, 4) is 11.3 Å². The highest BCUT2D eigenvalue weighted by atomic mass is 79.9. The maximum Gasteiger partial charge on any atom is 0.256 e. The Balaban J connectivity index is 1.86. The molecule has 0 aliphatic heterocycles. The molecule has 3 nitrogen and oxygen atoms in total. The molecule has 0 aliphatic carbocycles. The summed E-state index contributed by atoms with van der Waals surface area (Å²) in [4.78, 5) is 18.0. The molecule has 0 bridgehead atoms. The Hall–Kier alpha value is -2.21. The second kappa shape index (κ2) is 8.27. The van der Waals surface area contributed by atoms with Crippen LogP contribution in [0.4, 0.5) is 5.69 Å². The number of pyridine rings is 1. The fraction of sp³-hybridized carbons (Fsp3) is 0.0435. The number of fused-ring (bicyclic) bond motifs is 1. The first-order chi connectivity index (χ1) is 13.9. The summed E-state index contributed by atoms with van der Waals surface area (Å²) in [7, 11) is 0. The summed E-state index contributed by atoms with van der Waals surface area (Å²) in [6.45, 7) is 1.99. The molecule has 0 atom stereocenters. The van der Waals surface area contributed by atoms with Gasteiger partial charge in [0.05, 0.1) is 16.8 Å². The van der Waals surface area contributed by atoms with Gasteiger partial charge in [-0.1, -0.05) is 55.6 Å². The Morgan fingerprint density at radius 3 is 2.31 bits per heavy atom. The zero-order chi connectivity index (χ0) is 20.5. The van der Waals surface area contributed by atoms with E-state index in [9.17, 15) is 4.79 Å². The number of hydrogen-bond acceptors (Lipinski definition) is 2. The van der Waals surface area contributed by atoms with Crippen LogP contribution in [0.15, 0.2) is 75.7 Å². The quantitative estimate of drug-likeness (QED) is 0.296. The van der Waals surface area contributed by atoms with Crippen LogP contribution in [0.25, 0.3) is 22.2 Å². The molecule has 6 heteroatoms. The maximum atomic E-state index is 13.2. The van der Waals surface area contributed by atoms with E-state index >= 15 is 0 Å². The summed E-state index contributed by atoms with van der Waals surface area (Å²) in [6, 6.07) is 20.7. The number of nitrogens with zero attached hydrogens (tertiary/aromatic N) is 1. The summed E-state index contributed by atoms with van der Waals surface area (Å²) in [5, 5.41) is 4.37. The van der Waals surface area contributed by atoms with Crippen LogP contribution in [0, 0.1) is 6.92 Å². The van der Waals surface area contributed by atoms with Crippen LogP contribution in [-0.2, 0) is 0 Å². The lowest BCUT2D eigenvalue weighted by molar-refractivity contribution is 0.102. The molecular formula is C23H15Br2ClN2O. The molecule has 0 spiro atoms. The largest absolute Gasteiger partial charge is 0.322 e. The number of nitrogens with one attached hydrogen (secondary N) is 1. The highest BCUT2D eigenvalue weighted by molar-refractivity contribution is 9.10. The lowest BCUT2D eigenvalue weighted by Crippen LogP contribution is -2.13. The van der Waals surface area contributed by atoms with Gasteiger partial charge in [0, 0.05) is 30.6 Å². The van der Waals surface area contributed by atoms with Gasteiger partial charge >= 0.3 is 0 Å². The minimum Gasteiger partial charge on any atom is -0.322 e. The van der Waals surface area contributed by atoms with Gasteiger partial charge in [0.2, 0.25) is 0 Å². The van der Waals surface area contributed by atoms with Crippen molar-refractivity contribution >= 4 is 66.0 Å². The van der Waals surface area contributed by atoms with Crippen molar-refractivity contribution in [3.63, 3.8) is 0 Å². The number of carbonyl (C=O) groups is 1. The molecule has 4 aromatic rings. The predicted octanol–water partition coefficient (Wildman–Crippen LogP) is 7.64. The van der Waals surface area contributed by atoms with Crippen molar-refractivity contribution in [1.29, 1.82) is 0 Å². The van der Waals surface area contributed by atoms with Gasteiger partial charge in [-0.25, -0.2) is 4.98 Å². The molecule has 144 valence electrons. The predicted molar refractivity (Wildman–Crippen MR) is 127 cm³/mol. The second-order valence-corrected chi connectivity index (χ2v) is 8.91. The van der Waals surface area contributed by atoms with Crippen molar-refractivity contribution in [3.05, 3.63) is 91.8 Å². The molecule has 29 heavy (non-hydrogen) atoms. The SMILES string of the molecule is Cc1cc(Br)cc2c(C(=O)Nc3ccc(Cl)cc3)cc(-c3ccc(Br)cc3)nc12. The van der Waals surface area contributed by atoms with Crippen LogP contribution in [0.3, 0.4) is 0 Å². The molecule has 0 unspecified atom stereocenters. The van der Waals surface area contributed by atoms with Gasteiger partial charge in [-0.05, 0) is 67.1 Å². The fourth-order valence-corrected chi connectivity index (χ4v) is 4.11. The normalized spacial score (nSPS) is 10.9. The molecule has 0 radical (unpaired) electrons. The van der Waals surface area contributed by atoms with E-state index in [0.717, 1.165) is 36.7 Å². The van der Waals surface area contributed by atoms with Crippen LogP contribution >= 0.6 is 43.5 Å². The van der Waals surface area contributed by atoms with Gasteiger partial charge in [0.1, 0.15) is 0 Å². The Morgan fingerprint density at radius 2 is 1.62 bits per heavy atom. The number of rotatable bonds is 3. The molecule has 3 aromatic carbocycles. The molecule has 1 aromatic heterocycles. The molecule has 4 rings (SSSR count). The summed E-state index contributed by atoms with van der Waals surface area (Å²) >= 11 is 12.9. The second-order valence-electron chi connectivity index (χ2n) is 6.64. The van der Waals surface area contributed by atoms with Crippen molar-refractivity contribution in [2.75, 3.05) is 5.32 Å². The van der Waals surface area contributed by atoms with E-state index in [1.165, 1.54) is 0 Å². The Kier molecular flexibility index (Phi) is 5.72. The first-order valence-electron chi connectivity index (χ1n) is 8.84. The smallest absolute Gasteiger partial charge is 0.256 e. The summed E-state index contributed by atoms with van der Waals surface area (Å²) < 4.78 is 1.89. The van der Waals surface area contributed by atoms with Crippen LogP contribution in [0.2, 0.25) is 5.02 Å². The lowest BCUT2D eigenvalue weighted by atomic mass is 10.0. The number of halogens is 3. The van der Waals surface area contributed by atoms with E-state index < -0.39 is 0 Å². The highest BCUT2D eigenvalue weighted by Crippen LogP contribution is 2.30. The van der Waals surface area contributed by atoms with Gasteiger partial charge < -0.3 is 5.32 Å². The van der Waals surface area contributed by atoms with Crippen molar-refractivity contribution in [1.82, 2.24) is 4.98 Å². The Bertz CT molecular complexity index is 1220. The van der Waals surface area contributed by atoms with Crippen molar-refractivity contribution in [2.24, 2.45) is 0 Å². The van der Waals surface area contributed by atoms with Crippen LogP contribution in [0.5, 0.6) is 0 Å². The number of hydrogen-bond donors (Lipinski definition) is 1. The third-order valence-corrected chi connectivity index (χ3v) is 5.79. The minimum atomic E-state index is -0.199. The van der Waals surface area contributed by atoms with Gasteiger partial charge in [-0.3, -0.25) is 4.79 Å². The fourth-order valence-electron chi connectivity index (χ4n) is 3.14. The number of amides is 1. The van der Waals surface area contributed by atoms with E-state index in [1.54, 1.807) is 24.3 Å². The molecule has 0 saturated heterocycles. The first kappa shape index (κ1) is 20.1. The molecule has 0 aliphatic rings. The number of carbonyl (C=O) groups excluding carboxylic acids is 1. The highest BCUT2D eigenvalue weighted by Gasteiger charge is 2.16. The monoisotopic (exact) mass is 528 g/mol. The summed E-state index contributed by atoms with van der Waals surface area (Å²) in [5.41, 5.74) is 4.73. The Morgan fingerprint density at radius 1 is 0.931 bits per heavy atom. The lowest BCUT2D eigenvalue weighted by Gasteiger charge is -2.13. The number of anilines is 1. The maximum absolute atomic E-state index is 13.2. The summed E-state index contributed by atoms with van der Waals surface area (Å²) in [6.07, 6.45) is 0. The average Bonchev–Trinajstić information content (AvgIpc) is 2.69. The van der Waals surface area contributed by atoms with E-state index in [2.05, 4.69) is 37.2 Å². The zero-order valence-corrected chi connectivity index (χ0v) is 19.3. The van der Waals surface area contributed by atoms with Crippen LogP contribution in [-0.4, -0.2) is 10.9 Å². The summed E-state index contributed by atoms with van der Waals surface area (Å²) in [5.74, 6) is -0.199. The molecule has 1 N–H and O–H groups in total. The van der Waals surface area contributed by atoms with Gasteiger partial charge in [-0.2, -0.15) is 0 Å². The molecule has 0 saturated carbocycles. The van der Waals surface area contributed by atoms with E-state index in [4.69, 9.17) is 16.6 Å². The Labute approximate surface area is 190 Å². The van der Waals surface area contributed by atoms with E-state index in [-0.39, 0.29) is 5.91 Å². The molecule has 0 fully saturated rings. The van der Waals surface area contributed by atoms with Crippen molar-refractivity contribution < 1.29 is 4.79 Å².